The number of ether oxygens (including phenoxy) is 5. The molecule has 0 bridgehead atoms. The number of fused-ring (bicyclic) bond motifs is 1. The summed E-state index contributed by atoms with van der Waals surface area (Å²) in [6.45, 7) is 11.3. The molecule has 1 N–H and O–H groups in total. The van der Waals surface area contributed by atoms with Crippen molar-refractivity contribution < 1.29 is 32.1 Å². The Hall–Kier alpha value is -3.92. The quantitative estimate of drug-likeness (QED) is 0.114. The number of piperidine rings is 1. The number of aryl methyl sites for hydroxylation is 1. The Morgan fingerprint density at radius 1 is 0.964 bits per heavy atom. The molecule has 0 unspecified atom stereocenters. The second kappa shape index (κ2) is 19.3. The summed E-state index contributed by atoms with van der Waals surface area (Å²) in [4.78, 5) is 2.60. The van der Waals surface area contributed by atoms with Crippen molar-refractivity contribution in [1.29, 1.82) is 0 Å². The van der Waals surface area contributed by atoms with Gasteiger partial charge in [-0.25, -0.2) is 8.42 Å². The second-order valence-corrected chi connectivity index (χ2v) is 16.8. The van der Waals surface area contributed by atoms with Crippen LogP contribution in [-0.4, -0.2) is 106 Å². The van der Waals surface area contributed by atoms with Crippen molar-refractivity contribution in [2.45, 2.75) is 82.1 Å². The summed E-state index contributed by atoms with van der Waals surface area (Å²) in [5, 5.41) is 14.8. The number of aromatic amines is 1. The van der Waals surface area contributed by atoms with Crippen molar-refractivity contribution in [3.05, 3.63) is 94.8 Å². The molecule has 1 saturated heterocycles. The van der Waals surface area contributed by atoms with Crippen LogP contribution in [0, 0.1) is 12.8 Å². The van der Waals surface area contributed by atoms with E-state index in [1.54, 1.807) is 30.7 Å². The van der Waals surface area contributed by atoms with Crippen LogP contribution in [0.3, 0.4) is 0 Å². The van der Waals surface area contributed by atoms with Gasteiger partial charge in [-0.2, -0.15) is 9.52 Å². The highest BCUT2D eigenvalue weighted by atomic mass is 32.2. The average Bonchev–Trinajstić information content (AvgIpc) is 3.74. The number of tetrazole rings is 1. The summed E-state index contributed by atoms with van der Waals surface area (Å²) in [5.41, 5.74) is 5.19. The molecule has 55 heavy (non-hydrogen) atoms. The molecular formula is C41H56N6O7S. The van der Waals surface area contributed by atoms with Gasteiger partial charge in [0.1, 0.15) is 12.4 Å². The number of methoxy groups -OCH3 is 2. The molecule has 2 aliphatic heterocycles. The minimum Gasteiger partial charge on any atom is -0.490 e. The van der Waals surface area contributed by atoms with Gasteiger partial charge in [0.25, 0.3) is 0 Å². The molecule has 0 aliphatic carbocycles. The highest BCUT2D eigenvalue weighted by Gasteiger charge is 2.43. The highest BCUT2D eigenvalue weighted by molar-refractivity contribution is 7.89. The molecule has 1 fully saturated rings. The summed E-state index contributed by atoms with van der Waals surface area (Å²) in [6.07, 6.45) is 1.55. The first-order valence-electron chi connectivity index (χ1n) is 19.2. The van der Waals surface area contributed by atoms with Crippen LogP contribution in [0.1, 0.15) is 73.0 Å². The number of H-pyrrole nitrogens is 1. The number of nitrogens with zero attached hydrogens (tertiary/aromatic N) is 5. The van der Waals surface area contributed by atoms with Crippen LogP contribution in [0.5, 0.6) is 5.75 Å². The zero-order chi connectivity index (χ0) is 38.8. The van der Waals surface area contributed by atoms with E-state index < -0.39 is 16.1 Å². The minimum atomic E-state index is -3.89. The predicted octanol–water partition coefficient (Wildman–Crippen LogP) is 5.87. The summed E-state index contributed by atoms with van der Waals surface area (Å²) >= 11 is 0. The Morgan fingerprint density at radius 3 is 2.47 bits per heavy atom. The smallest absolute Gasteiger partial charge is 0.243 e. The van der Waals surface area contributed by atoms with Crippen LogP contribution in [-0.2, 0) is 42.2 Å². The lowest BCUT2D eigenvalue weighted by atomic mass is 9.81. The van der Waals surface area contributed by atoms with Crippen LogP contribution < -0.4 is 9.64 Å². The van der Waals surface area contributed by atoms with Gasteiger partial charge in [-0.3, -0.25) is 0 Å². The number of benzene rings is 3. The van der Waals surface area contributed by atoms with Crippen molar-refractivity contribution in [3.63, 3.8) is 0 Å². The molecule has 0 amide bonds. The zero-order valence-electron chi connectivity index (χ0n) is 32.7. The van der Waals surface area contributed by atoms with E-state index in [1.807, 2.05) is 38.1 Å². The van der Waals surface area contributed by atoms with Crippen LogP contribution in [0.4, 0.5) is 5.69 Å². The molecule has 2 aliphatic rings. The minimum absolute atomic E-state index is 0.0878. The molecule has 6 rings (SSSR count). The van der Waals surface area contributed by atoms with E-state index in [0.29, 0.717) is 64.2 Å². The normalized spacial score (nSPS) is 20.2. The Morgan fingerprint density at radius 2 is 1.75 bits per heavy atom. The third-order valence-corrected chi connectivity index (χ3v) is 12.5. The van der Waals surface area contributed by atoms with E-state index in [2.05, 4.69) is 62.8 Å². The molecule has 1 aromatic heterocycles. The Kier molecular flexibility index (Phi) is 14.3. The van der Waals surface area contributed by atoms with Gasteiger partial charge in [0.2, 0.25) is 10.0 Å². The van der Waals surface area contributed by atoms with E-state index in [9.17, 15) is 8.42 Å². The fourth-order valence-corrected chi connectivity index (χ4v) is 9.26. The van der Waals surface area contributed by atoms with Gasteiger partial charge in [0.15, 0.2) is 5.82 Å². The number of sulfonamides is 1. The zero-order valence-corrected chi connectivity index (χ0v) is 33.5. The Balaban J connectivity index is 1.29. The topological polar surface area (TPSA) is 141 Å². The molecule has 13 nitrogen and oxygen atoms in total. The standard InChI is InChI=1S/C41H56N6O7S/c1-29-7-14-36(15-8-29)55(48,49)47-24-40(54-28-33-11-16-39-38(22-33)46(18-20-53-39)17-6-19-50-4)37(23-35(47)21-31(3)41-42-44-45-43-41)34-12-9-32(10-13-34)27-52-26-30(2)25-51-5/h7-16,22,30-31,35,37,40H,6,17-21,23-28H2,1-5H3,(H,42,43,44,45)/t30-,31+,35-,37+,40-/m0/s1. The molecule has 0 saturated carbocycles. The molecule has 5 atom stereocenters. The van der Waals surface area contributed by atoms with Crippen LogP contribution in [0.15, 0.2) is 71.6 Å². The molecule has 3 heterocycles. The summed E-state index contributed by atoms with van der Waals surface area (Å²) in [7, 11) is -0.470. The van der Waals surface area contributed by atoms with Crippen molar-refractivity contribution in [2.24, 2.45) is 5.92 Å². The van der Waals surface area contributed by atoms with E-state index in [-0.39, 0.29) is 29.3 Å². The monoisotopic (exact) mass is 776 g/mol. The summed E-state index contributed by atoms with van der Waals surface area (Å²) < 4.78 is 60.1. The SMILES string of the molecule is COCCCN1CCOc2ccc(CO[C@H]3CN(S(=O)(=O)c4ccc(C)cc4)[C@@H](C[C@@H](C)c4nn[nH]n4)C[C@@H]3c3ccc(COC[C@@H](C)COC)cc3)cc21. The highest BCUT2D eigenvalue weighted by Crippen LogP contribution is 2.40. The number of rotatable bonds is 19. The van der Waals surface area contributed by atoms with Gasteiger partial charge in [-0.1, -0.05) is 67.1 Å². The first-order chi connectivity index (χ1) is 26.7. The van der Waals surface area contributed by atoms with Crippen molar-refractivity contribution in [2.75, 3.05) is 65.2 Å². The number of aromatic nitrogens is 4. The maximum Gasteiger partial charge on any atom is 0.243 e. The van der Waals surface area contributed by atoms with Crippen molar-refractivity contribution >= 4 is 15.7 Å². The summed E-state index contributed by atoms with van der Waals surface area (Å²) in [5.74, 6) is 1.49. The van der Waals surface area contributed by atoms with Crippen LogP contribution in [0.2, 0.25) is 0 Å². The molecule has 0 radical (unpaired) electrons. The lowest BCUT2D eigenvalue weighted by molar-refractivity contribution is -0.0215. The number of hydrogen-bond acceptors (Lipinski definition) is 11. The first kappa shape index (κ1) is 40.7. The fourth-order valence-electron chi connectivity index (χ4n) is 7.60. The maximum atomic E-state index is 14.5. The Bertz CT molecular complexity index is 1880. The van der Waals surface area contributed by atoms with E-state index in [1.165, 1.54) is 0 Å². The third-order valence-electron chi connectivity index (χ3n) is 10.6. The fraction of sp³-hybridized carbons (Fsp3) is 0.537. The number of anilines is 1. The van der Waals surface area contributed by atoms with Gasteiger partial charge in [0.05, 0.1) is 49.7 Å². The molecule has 4 aromatic rings. The molecular weight excluding hydrogens is 721 g/mol. The van der Waals surface area contributed by atoms with Crippen molar-refractivity contribution in [3.8, 4) is 5.75 Å². The molecule has 0 spiro atoms. The van der Waals surface area contributed by atoms with E-state index in [0.717, 1.165) is 53.2 Å². The second-order valence-electron chi connectivity index (χ2n) is 14.9. The predicted molar refractivity (Wildman–Crippen MR) is 210 cm³/mol. The maximum absolute atomic E-state index is 14.5. The van der Waals surface area contributed by atoms with Crippen LogP contribution in [0.25, 0.3) is 0 Å². The van der Waals surface area contributed by atoms with Gasteiger partial charge < -0.3 is 28.6 Å². The first-order valence-corrected chi connectivity index (χ1v) is 20.7. The lowest BCUT2D eigenvalue weighted by Crippen LogP contribution is -2.52. The number of nitrogens with one attached hydrogen (secondary N) is 1. The molecule has 298 valence electrons. The largest absolute Gasteiger partial charge is 0.490 e. The van der Waals surface area contributed by atoms with Crippen molar-refractivity contribution in [1.82, 2.24) is 24.9 Å². The van der Waals surface area contributed by atoms with Gasteiger partial charge in [-0.05, 0) is 67.1 Å². The van der Waals surface area contributed by atoms with E-state index >= 15 is 0 Å². The molecule has 14 heteroatoms. The van der Waals surface area contributed by atoms with E-state index in [4.69, 9.17) is 23.7 Å². The Labute approximate surface area is 325 Å². The number of hydrogen-bond donors (Lipinski definition) is 1. The molecule has 3 aromatic carbocycles. The third kappa shape index (κ3) is 10.5. The van der Waals surface area contributed by atoms with Gasteiger partial charge in [0, 0.05) is 57.7 Å². The van der Waals surface area contributed by atoms with Gasteiger partial charge in [-0.15, -0.1) is 10.2 Å². The van der Waals surface area contributed by atoms with Crippen LogP contribution >= 0.6 is 0 Å². The van der Waals surface area contributed by atoms with Gasteiger partial charge >= 0.3 is 0 Å². The lowest BCUT2D eigenvalue weighted by Gasteiger charge is -2.44. The average molecular weight is 777 g/mol. The summed E-state index contributed by atoms with van der Waals surface area (Å²) in [6, 6.07) is 21.4.